The van der Waals surface area contributed by atoms with Crippen molar-refractivity contribution in [2.24, 2.45) is 0 Å². The van der Waals surface area contributed by atoms with E-state index in [0.717, 1.165) is 161 Å². The minimum atomic E-state index is 0.486. The molecular formula is C125H204OP2. The van der Waals surface area contributed by atoms with E-state index in [-0.39, 0.29) is 0 Å². The largest absolute Gasteiger partial charge is 0.354 e. The van der Waals surface area contributed by atoms with E-state index in [2.05, 4.69) is 341 Å². The summed E-state index contributed by atoms with van der Waals surface area (Å²) in [7, 11) is 3.12. The molecule has 0 spiro atoms. The Bertz CT molecular complexity index is 3750. The lowest BCUT2D eigenvalue weighted by Crippen LogP contribution is -1.84. The molecule has 0 aromatic rings. The van der Waals surface area contributed by atoms with Crippen LogP contribution in [0.4, 0.5) is 0 Å². The number of hydrogen-bond donors (Lipinski definition) is 0. The molecule has 128 heavy (non-hydrogen) atoms. The van der Waals surface area contributed by atoms with Gasteiger partial charge in [-0.05, 0) is 488 Å². The van der Waals surface area contributed by atoms with Gasteiger partial charge in [0.1, 0.15) is 0 Å². The quantitative estimate of drug-likeness (QED) is 0.0335. The van der Waals surface area contributed by atoms with Crippen LogP contribution in [0.2, 0.25) is 0 Å². The van der Waals surface area contributed by atoms with Crippen LogP contribution in [0.3, 0.4) is 0 Å². The molecule has 0 bridgehead atoms. The fourth-order valence-corrected chi connectivity index (χ4v) is 16.3. The van der Waals surface area contributed by atoms with E-state index < -0.39 is 0 Å². The lowest BCUT2D eigenvalue weighted by atomic mass is 10.0. The molecular weight excluding hydrogens is 1580 g/mol. The summed E-state index contributed by atoms with van der Waals surface area (Å²) >= 11 is 0. The highest BCUT2D eigenvalue weighted by Gasteiger charge is 2.05. The van der Waals surface area contributed by atoms with Gasteiger partial charge in [0.25, 0.3) is 0 Å². The zero-order chi connectivity index (χ0) is 95.2. The highest BCUT2D eigenvalue weighted by Crippen LogP contribution is 2.26. The summed E-state index contributed by atoms with van der Waals surface area (Å²) in [6.07, 6.45) is 117. The first-order valence-corrected chi connectivity index (χ1v) is 54.4. The topological polar surface area (TPSA) is 9.23 Å². The van der Waals surface area contributed by atoms with Crippen LogP contribution in [-0.2, 0) is 4.52 Å². The van der Waals surface area contributed by atoms with Gasteiger partial charge in [0.05, 0.1) is 6.61 Å². The van der Waals surface area contributed by atoms with Gasteiger partial charge in [0, 0.05) is 8.50 Å². The Hall–Kier alpha value is -5.68. The summed E-state index contributed by atoms with van der Waals surface area (Å²) in [5, 5.41) is 0. The predicted molar refractivity (Wildman–Crippen MR) is 595 cm³/mol. The third kappa shape index (κ3) is 83.4. The third-order valence-corrected chi connectivity index (χ3v) is 26.2. The van der Waals surface area contributed by atoms with Crippen molar-refractivity contribution in [1.29, 1.82) is 0 Å². The Morgan fingerprint density at radius 1 is 0.133 bits per heavy atom. The van der Waals surface area contributed by atoms with E-state index in [9.17, 15) is 0 Å². The fourth-order valence-electron chi connectivity index (χ4n) is 15.8. The molecule has 720 valence electrons. The van der Waals surface area contributed by atoms with Crippen molar-refractivity contribution < 1.29 is 4.52 Å². The molecule has 0 saturated heterocycles. The lowest BCUT2D eigenvalue weighted by molar-refractivity contribution is 0.422. The van der Waals surface area contributed by atoms with Crippen LogP contribution in [0.5, 0.6) is 0 Å². The van der Waals surface area contributed by atoms with E-state index in [4.69, 9.17) is 4.52 Å². The normalized spacial score (nSPS) is 15.5. The molecule has 0 fully saturated rings. The second-order valence-corrected chi connectivity index (χ2v) is 41.1. The van der Waals surface area contributed by atoms with Gasteiger partial charge in [-0.15, -0.1) is 0 Å². The summed E-state index contributed by atoms with van der Waals surface area (Å²) in [5.41, 5.74) is 38.0. The lowest BCUT2D eigenvalue weighted by Gasteiger charge is -2.05. The first kappa shape index (κ1) is 122. The zero-order valence-corrected chi connectivity index (χ0v) is 91.2. The van der Waals surface area contributed by atoms with Crippen LogP contribution in [0.15, 0.2) is 291 Å². The van der Waals surface area contributed by atoms with Gasteiger partial charge < -0.3 is 4.52 Å². The Morgan fingerprint density at radius 3 is 0.289 bits per heavy atom. The number of allylic oxidation sites excluding steroid dienone is 49. The summed E-state index contributed by atoms with van der Waals surface area (Å²) in [4.78, 5) is 0. The van der Waals surface area contributed by atoms with E-state index in [1.165, 1.54) is 293 Å². The number of hydrogen-bond acceptors (Lipinski definition) is 1. The van der Waals surface area contributed by atoms with Crippen LogP contribution in [-0.4, -0.2) is 6.61 Å². The minimum Gasteiger partial charge on any atom is -0.354 e. The molecule has 0 aromatic carbocycles. The molecule has 2 atom stereocenters. The van der Waals surface area contributed by atoms with Gasteiger partial charge in [-0.1, -0.05) is 300 Å². The molecule has 2 unspecified atom stereocenters. The smallest absolute Gasteiger partial charge is 0.0693 e. The Morgan fingerprint density at radius 2 is 0.211 bits per heavy atom. The molecule has 0 N–H and O–H groups in total. The van der Waals surface area contributed by atoms with E-state index in [0.29, 0.717) is 8.50 Å². The van der Waals surface area contributed by atoms with Gasteiger partial charge >= 0.3 is 0 Å². The van der Waals surface area contributed by atoms with Gasteiger partial charge in [-0.25, -0.2) is 0 Å². The van der Waals surface area contributed by atoms with Crippen LogP contribution < -0.4 is 0 Å². The second-order valence-electron chi connectivity index (χ2n) is 39.8. The molecule has 1 nitrogen and oxygen atoms in total. The SMILES string of the molecule is CC(C)=CCC/C(C)=C/CC/C(C)=C/CC/C(C)=C/CC/C(C)=C\CC/C(C)=C\CC/C(C)=C\CC/C(C)=C\CC/C(C)=C\CC/C(C)=C\CC/C(C)=C\CC/C(C)=C\CC/C(C)=C\CC/C(C)=C\CC/C(C)=C\CC/C(C)=C\CC/C(C)=C\CC/C(C)=C\CC/C(C)=C\CC/C(C)=C\CC/C(C)=C\CC/C(C)=C\CC/C(C)=C\CC/C(C)=C\CC/C(C)=C\COPP. The molecule has 0 heterocycles. The fraction of sp³-hybridized carbons (Fsp3) is 0.600. The van der Waals surface area contributed by atoms with E-state index in [1.807, 2.05) is 0 Å². The van der Waals surface area contributed by atoms with Crippen LogP contribution in [0.25, 0.3) is 0 Å². The van der Waals surface area contributed by atoms with Crippen LogP contribution in [0, 0.1) is 0 Å². The summed E-state index contributed by atoms with van der Waals surface area (Å²) < 4.78 is 5.44. The monoisotopic (exact) mass is 1780 g/mol. The minimum absolute atomic E-state index is 0.486. The summed E-state index contributed by atoms with van der Waals surface area (Å²) in [6, 6.07) is 0. The van der Waals surface area contributed by atoms with Crippen molar-refractivity contribution in [3.8, 4) is 0 Å². The Labute approximate surface area is 802 Å². The standard InChI is InChI=1S/C125H204OP2/c1-101(2)51-27-52-102(3)53-28-54-103(4)55-29-56-104(5)57-30-58-105(6)59-31-60-106(7)61-32-62-107(8)63-33-64-108(9)65-34-66-109(10)67-35-68-110(11)69-36-70-111(12)71-37-72-112(13)73-38-74-113(14)75-39-76-114(15)77-40-78-115(16)79-41-80-116(17)81-42-82-117(18)83-43-84-118(19)85-44-86-119(20)87-45-88-120(21)89-46-90-121(22)91-47-92-122(23)93-48-94-123(24)95-49-96-124(25)97-50-98-125(26)99-100-126-128-127/h51,53,55,57,59,61,63,65,67,69,71,73,75,77,79,81,83,85,87,89,91,93,95,97,99,128H,27-50,52,54,56,58,60,62,64,66,68,70,72,74,76,78,80,82,84,86,88,90,92,94,96,98,100,127H2,1-26H3/b102-53+,103-55+,104-57+,105-59-,106-61-,107-63-,108-65-,109-67-,110-69-,111-71-,112-73-,113-75-,114-77-,115-79-,116-81-,117-83-,118-85-,119-87-,120-89-,121-91-,122-93-,123-95-,124-97-,125-99-. The highest BCUT2D eigenvalue weighted by atomic mass is 32.0. The molecule has 0 saturated carbocycles. The van der Waals surface area contributed by atoms with Crippen molar-refractivity contribution >= 4 is 17.4 Å². The molecule has 0 aromatic heterocycles. The first-order chi connectivity index (χ1) is 61.2. The van der Waals surface area contributed by atoms with E-state index >= 15 is 0 Å². The molecule has 0 aliphatic heterocycles. The number of rotatable bonds is 75. The average Bonchev–Trinajstić information content (AvgIpc) is 1.01. The molecule has 0 radical (unpaired) electrons. The van der Waals surface area contributed by atoms with Gasteiger partial charge in [-0.2, -0.15) is 0 Å². The first-order valence-electron chi connectivity index (χ1n) is 51.7. The van der Waals surface area contributed by atoms with Crippen molar-refractivity contribution in [3.05, 3.63) is 291 Å². The maximum absolute atomic E-state index is 5.44. The summed E-state index contributed by atoms with van der Waals surface area (Å²) in [5.74, 6) is 0. The van der Waals surface area contributed by atoms with E-state index in [1.54, 1.807) is 0 Å². The van der Waals surface area contributed by atoms with Gasteiger partial charge in [-0.3, -0.25) is 0 Å². The van der Waals surface area contributed by atoms with Crippen LogP contribution in [0.1, 0.15) is 488 Å². The van der Waals surface area contributed by atoms with Gasteiger partial charge in [0.15, 0.2) is 0 Å². The maximum Gasteiger partial charge on any atom is 0.0693 e. The van der Waals surface area contributed by atoms with Crippen molar-refractivity contribution in [2.75, 3.05) is 6.61 Å². The molecule has 0 aliphatic rings. The Balaban J connectivity index is 4.38. The van der Waals surface area contributed by atoms with Crippen molar-refractivity contribution in [2.45, 2.75) is 488 Å². The predicted octanol–water partition coefficient (Wildman–Crippen LogP) is 43.8. The third-order valence-electron chi connectivity index (χ3n) is 25.4. The zero-order valence-electron chi connectivity index (χ0n) is 89.1. The van der Waals surface area contributed by atoms with Crippen molar-refractivity contribution in [1.82, 2.24) is 0 Å². The molecule has 0 rings (SSSR count). The molecule has 3 heteroatoms. The molecule has 0 aliphatic carbocycles. The highest BCUT2D eigenvalue weighted by molar-refractivity contribution is 8.00. The molecule has 0 amide bonds. The van der Waals surface area contributed by atoms with Crippen LogP contribution >= 0.6 is 17.4 Å². The maximum atomic E-state index is 5.44. The summed E-state index contributed by atoms with van der Waals surface area (Å²) in [6.45, 7) is 60.7. The second kappa shape index (κ2) is 83.2. The Kier molecular flexibility index (Phi) is 79.5. The van der Waals surface area contributed by atoms with Crippen molar-refractivity contribution in [3.63, 3.8) is 0 Å². The average molecular weight is 1780 g/mol. The van der Waals surface area contributed by atoms with Gasteiger partial charge in [0.2, 0.25) is 0 Å².